The molecule has 0 fully saturated rings. The van der Waals surface area contributed by atoms with Crippen molar-refractivity contribution in [1.82, 2.24) is 5.32 Å². The van der Waals surface area contributed by atoms with Crippen molar-refractivity contribution >= 4 is 27.3 Å². The Morgan fingerprint density at radius 1 is 1.20 bits per heavy atom. The summed E-state index contributed by atoms with van der Waals surface area (Å²) in [5.41, 5.74) is 1.27. The van der Waals surface area contributed by atoms with Gasteiger partial charge in [-0.3, -0.25) is 0 Å². The van der Waals surface area contributed by atoms with Crippen LogP contribution in [-0.2, 0) is 0 Å². The van der Waals surface area contributed by atoms with E-state index in [4.69, 9.17) is 4.74 Å². The number of halogens is 1. The van der Waals surface area contributed by atoms with Crippen LogP contribution in [0.25, 0.3) is 0 Å². The van der Waals surface area contributed by atoms with Gasteiger partial charge in [-0.2, -0.15) is 0 Å². The Labute approximate surface area is 133 Å². The van der Waals surface area contributed by atoms with Crippen molar-refractivity contribution in [3.05, 3.63) is 50.6 Å². The molecule has 108 valence electrons. The lowest BCUT2D eigenvalue weighted by Crippen LogP contribution is -2.22. The van der Waals surface area contributed by atoms with Gasteiger partial charge in [0.2, 0.25) is 0 Å². The highest BCUT2D eigenvalue weighted by molar-refractivity contribution is 9.10. The predicted octanol–water partition coefficient (Wildman–Crippen LogP) is 5.00. The molecule has 2 nitrogen and oxygen atoms in total. The van der Waals surface area contributed by atoms with Crippen LogP contribution in [0.15, 0.2) is 40.2 Å². The quantitative estimate of drug-likeness (QED) is 0.756. The Balaban J connectivity index is 2.24. The first-order valence-electron chi connectivity index (χ1n) is 6.95. The third kappa shape index (κ3) is 3.84. The van der Waals surface area contributed by atoms with Gasteiger partial charge in [0, 0.05) is 9.35 Å². The molecule has 1 heterocycles. The van der Waals surface area contributed by atoms with Crippen molar-refractivity contribution in [1.29, 1.82) is 0 Å². The predicted molar refractivity (Wildman–Crippen MR) is 89.8 cm³/mol. The van der Waals surface area contributed by atoms with Crippen molar-refractivity contribution in [3.8, 4) is 5.75 Å². The zero-order valence-corrected chi connectivity index (χ0v) is 14.3. The molecule has 1 unspecified atom stereocenters. The molecule has 4 heteroatoms. The first kappa shape index (κ1) is 15.5. The summed E-state index contributed by atoms with van der Waals surface area (Å²) in [6.45, 7) is 5.89. The van der Waals surface area contributed by atoms with Crippen LogP contribution >= 0.6 is 27.3 Å². The highest BCUT2D eigenvalue weighted by atomic mass is 79.9. The minimum atomic E-state index is 0.236. The molecule has 1 aromatic heterocycles. The van der Waals surface area contributed by atoms with Gasteiger partial charge in [-0.25, -0.2) is 0 Å². The van der Waals surface area contributed by atoms with Crippen molar-refractivity contribution in [2.75, 3.05) is 13.2 Å². The maximum absolute atomic E-state index is 5.51. The lowest BCUT2D eigenvalue weighted by Gasteiger charge is -2.19. The van der Waals surface area contributed by atoms with Gasteiger partial charge in [0.15, 0.2) is 0 Å². The molecular weight excluding hydrogens is 334 g/mol. The summed E-state index contributed by atoms with van der Waals surface area (Å²) < 4.78 is 6.68. The van der Waals surface area contributed by atoms with Crippen LogP contribution in [0.1, 0.15) is 36.8 Å². The van der Waals surface area contributed by atoms with E-state index in [1.54, 1.807) is 11.3 Å². The second-order valence-electron chi connectivity index (χ2n) is 4.52. The summed E-state index contributed by atoms with van der Waals surface area (Å²) in [4.78, 5) is 1.32. The number of hydrogen-bond acceptors (Lipinski definition) is 3. The van der Waals surface area contributed by atoms with Gasteiger partial charge in [-0.1, -0.05) is 19.1 Å². The third-order valence-electron chi connectivity index (χ3n) is 3.03. The van der Waals surface area contributed by atoms with Crippen molar-refractivity contribution in [2.45, 2.75) is 26.3 Å². The molecule has 0 saturated carbocycles. The largest absolute Gasteiger partial charge is 0.494 e. The number of rotatable bonds is 7. The standard InChI is InChI=1S/C16H20BrNOS/c1-3-10-18-15(16-14(17)9-11-20-16)12-5-7-13(8-6-12)19-4-2/h5-9,11,15,18H,3-4,10H2,1-2H3. The van der Waals surface area contributed by atoms with Gasteiger partial charge in [0.1, 0.15) is 5.75 Å². The molecular formula is C16H20BrNOS. The van der Waals surface area contributed by atoms with E-state index in [1.165, 1.54) is 14.9 Å². The maximum atomic E-state index is 5.51. The molecule has 1 atom stereocenters. The Kier molecular flexibility index (Phi) is 6.07. The fourth-order valence-electron chi connectivity index (χ4n) is 2.09. The molecule has 0 aliphatic heterocycles. The lowest BCUT2D eigenvalue weighted by atomic mass is 10.0. The van der Waals surface area contributed by atoms with Gasteiger partial charge >= 0.3 is 0 Å². The molecule has 0 amide bonds. The van der Waals surface area contributed by atoms with Crippen LogP contribution < -0.4 is 10.1 Å². The van der Waals surface area contributed by atoms with Gasteiger partial charge in [0.05, 0.1) is 12.6 Å². The highest BCUT2D eigenvalue weighted by Gasteiger charge is 2.17. The normalized spacial score (nSPS) is 12.3. The van der Waals surface area contributed by atoms with E-state index in [9.17, 15) is 0 Å². The molecule has 0 bridgehead atoms. The van der Waals surface area contributed by atoms with Crippen LogP contribution in [0.3, 0.4) is 0 Å². The monoisotopic (exact) mass is 353 g/mol. The SMILES string of the molecule is CCCNC(c1ccc(OCC)cc1)c1sccc1Br. The van der Waals surface area contributed by atoms with E-state index >= 15 is 0 Å². The summed E-state index contributed by atoms with van der Waals surface area (Å²) in [7, 11) is 0. The molecule has 2 rings (SSSR count). The minimum Gasteiger partial charge on any atom is -0.494 e. The van der Waals surface area contributed by atoms with Crippen LogP contribution in [0.4, 0.5) is 0 Å². The zero-order chi connectivity index (χ0) is 14.4. The van der Waals surface area contributed by atoms with E-state index < -0.39 is 0 Å². The Hall–Kier alpha value is -0.840. The molecule has 0 aliphatic carbocycles. The van der Waals surface area contributed by atoms with Crippen LogP contribution in [0.5, 0.6) is 5.75 Å². The third-order valence-corrected chi connectivity index (χ3v) is 4.97. The first-order chi connectivity index (χ1) is 9.76. The molecule has 1 N–H and O–H groups in total. The molecule has 0 spiro atoms. The molecule has 1 aromatic carbocycles. The summed E-state index contributed by atoms with van der Waals surface area (Å²) in [5.74, 6) is 0.927. The van der Waals surface area contributed by atoms with Crippen LogP contribution in [0, 0.1) is 0 Å². The number of benzene rings is 1. The Morgan fingerprint density at radius 3 is 2.50 bits per heavy atom. The number of hydrogen-bond donors (Lipinski definition) is 1. The number of thiophene rings is 1. The lowest BCUT2D eigenvalue weighted by molar-refractivity contribution is 0.340. The smallest absolute Gasteiger partial charge is 0.119 e. The summed E-state index contributed by atoms with van der Waals surface area (Å²) in [6, 6.07) is 10.7. The van der Waals surface area contributed by atoms with Crippen molar-refractivity contribution < 1.29 is 4.74 Å². The number of ether oxygens (including phenoxy) is 1. The molecule has 0 saturated heterocycles. The summed E-state index contributed by atoms with van der Waals surface area (Å²) >= 11 is 5.42. The van der Waals surface area contributed by atoms with E-state index in [0.717, 1.165) is 18.7 Å². The van der Waals surface area contributed by atoms with Gasteiger partial charge in [-0.15, -0.1) is 11.3 Å². The Morgan fingerprint density at radius 2 is 1.95 bits per heavy atom. The van der Waals surface area contributed by atoms with E-state index in [0.29, 0.717) is 6.61 Å². The fraction of sp³-hybridized carbons (Fsp3) is 0.375. The van der Waals surface area contributed by atoms with E-state index in [-0.39, 0.29) is 6.04 Å². The summed E-state index contributed by atoms with van der Waals surface area (Å²) in [5, 5.41) is 5.74. The molecule has 0 radical (unpaired) electrons. The molecule has 20 heavy (non-hydrogen) atoms. The van der Waals surface area contributed by atoms with Crippen LogP contribution in [0.2, 0.25) is 0 Å². The van der Waals surface area contributed by atoms with E-state index in [1.807, 2.05) is 19.1 Å². The van der Waals surface area contributed by atoms with E-state index in [2.05, 4.69) is 51.7 Å². The second kappa shape index (κ2) is 7.81. The molecule has 2 aromatic rings. The van der Waals surface area contributed by atoms with Crippen molar-refractivity contribution in [2.24, 2.45) is 0 Å². The molecule has 0 aliphatic rings. The highest BCUT2D eigenvalue weighted by Crippen LogP contribution is 2.33. The number of nitrogens with one attached hydrogen (secondary N) is 1. The van der Waals surface area contributed by atoms with Crippen LogP contribution in [-0.4, -0.2) is 13.2 Å². The Bertz CT molecular complexity index is 524. The van der Waals surface area contributed by atoms with Crippen molar-refractivity contribution in [3.63, 3.8) is 0 Å². The average Bonchev–Trinajstić information content (AvgIpc) is 2.88. The maximum Gasteiger partial charge on any atom is 0.119 e. The summed E-state index contributed by atoms with van der Waals surface area (Å²) in [6.07, 6.45) is 1.12. The second-order valence-corrected chi connectivity index (χ2v) is 6.32. The zero-order valence-electron chi connectivity index (χ0n) is 11.9. The van der Waals surface area contributed by atoms with Gasteiger partial charge < -0.3 is 10.1 Å². The topological polar surface area (TPSA) is 21.3 Å². The van der Waals surface area contributed by atoms with Gasteiger partial charge in [0.25, 0.3) is 0 Å². The first-order valence-corrected chi connectivity index (χ1v) is 8.62. The minimum absolute atomic E-state index is 0.236. The average molecular weight is 354 g/mol. The van der Waals surface area contributed by atoms with Gasteiger partial charge in [-0.05, 0) is 65.0 Å². The fourth-order valence-corrected chi connectivity index (χ4v) is 3.79.